The lowest BCUT2D eigenvalue weighted by molar-refractivity contribution is 0.0601. The van der Waals surface area contributed by atoms with Gasteiger partial charge in [0.05, 0.1) is 18.9 Å². The molecule has 0 atom stereocenters. The molecule has 7 heteroatoms. The minimum Gasteiger partial charge on any atom is -0.465 e. The van der Waals surface area contributed by atoms with E-state index in [1.807, 2.05) is 10.5 Å². The second-order valence-corrected chi connectivity index (χ2v) is 5.82. The first-order valence-corrected chi connectivity index (χ1v) is 8.19. The number of aromatic nitrogens is 3. The number of rotatable bonds is 4. The number of hydrogen-bond donors (Lipinski definition) is 1. The highest BCUT2D eigenvalue weighted by molar-refractivity contribution is 5.91. The molecule has 0 spiro atoms. The summed E-state index contributed by atoms with van der Waals surface area (Å²) in [4.78, 5) is 20.5. The summed E-state index contributed by atoms with van der Waals surface area (Å²) in [5, 5.41) is 3.30. The average Bonchev–Trinajstić information content (AvgIpc) is 3.06. The van der Waals surface area contributed by atoms with Gasteiger partial charge in [0.1, 0.15) is 17.3 Å². The molecule has 2 aromatic carbocycles. The molecule has 0 saturated heterocycles. The number of fused-ring (bicyclic) bond motifs is 1. The van der Waals surface area contributed by atoms with Crippen LogP contribution in [0.25, 0.3) is 16.9 Å². The van der Waals surface area contributed by atoms with Gasteiger partial charge in [-0.05, 0) is 42.5 Å². The Morgan fingerprint density at radius 2 is 2.00 bits per heavy atom. The van der Waals surface area contributed by atoms with Crippen LogP contribution in [0, 0.1) is 5.82 Å². The summed E-state index contributed by atoms with van der Waals surface area (Å²) in [6.07, 6.45) is 5.07. The van der Waals surface area contributed by atoms with E-state index in [0.29, 0.717) is 28.4 Å². The first kappa shape index (κ1) is 16.7. The fourth-order valence-electron chi connectivity index (χ4n) is 2.81. The van der Waals surface area contributed by atoms with E-state index in [-0.39, 0.29) is 5.82 Å². The van der Waals surface area contributed by atoms with Crippen LogP contribution in [-0.4, -0.2) is 27.4 Å². The Morgan fingerprint density at radius 3 is 2.78 bits per heavy atom. The van der Waals surface area contributed by atoms with Crippen LogP contribution in [0.4, 0.5) is 15.9 Å². The summed E-state index contributed by atoms with van der Waals surface area (Å²) >= 11 is 0. The first-order chi connectivity index (χ1) is 13.2. The molecule has 2 heterocycles. The van der Waals surface area contributed by atoms with Crippen molar-refractivity contribution in [3.05, 3.63) is 78.5 Å². The highest BCUT2D eigenvalue weighted by Crippen LogP contribution is 2.31. The molecule has 0 radical (unpaired) electrons. The van der Waals surface area contributed by atoms with Gasteiger partial charge in [0.15, 0.2) is 5.65 Å². The zero-order chi connectivity index (χ0) is 18.8. The normalized spacial score (nSPS) is 10.7. The van der Waals surface area contributed by atoms with Crippen molar-refractivity contribution in [3.63, 3.8) is 0 Å². The maximum absolute atomic E-state index is 13.3. The number of carbonyl (C=O) groups is 1. The van der Waals surface area contributed by atoms with Crippen LogP contribution in [0.2, 0.25) is 0 Å². The van der Waals surface area contributed by atoms with E-state index >= 15 is 0 Å². The molecule has 2 aromatic heterocycles. The number of ether oxygens (including phenoxy) is 1. The van der Waals surface area contributed by atoms with Crippen LogP contribution in [0.15, 0.2) is 67.1 Å². The summed E-state index contributed by atoms with van der Waals surface area (Å²) in [6.45, 7) is 0. The smallest absolute Gasteiger partial charge is 0.337 e. The molecule has 0 aliphatic heterocycles. The van der Waals surface area contributed by atoms with Crippen molar-refractivity contribution in [2.45, 2.75) is 0 Å². The highest BCUT2D eigenvalue weighted by Gasteiger charge is 2.15. The predicted molar refractivity (Wildman–Crippen MR) is 99.4 cm³/mol. The molecule has 6 nitrogen and oxygen atoms in total. The van der Waals surface area contributed by atoms with Crippen molar-refractivity contribution >= 4 is 23.1 Å². The van der Waals surface area contributed by atoms with Gasteiger partial charge in [-0.1, -0.05) is 6.07 Å². The number of hydrogen-bond acceptors (Lipinski definition) is 5. The van der Waals surface area contributed by atoms with E-state index in [0.717, 1.165) is 5.56 Å². The van der Waals surface area contributed by atoms with Crippen LogP contribution >= 0.6 is 0 Å². The Kier molecular flexibility index (Phi) is 4.25. The van der Waals surface area contributed by atoms with Gasteiger partial charge in [0, 0.05) is 23.6 Å². The molecule has 27 heavy (non-hydrogen) atoms. The zero-order valence-corrected chi connectivity index (χ0v) is 14.4. The lowest BCUT2D eigenvalue weighted by atomic mass is 10.1. The van der Waals surface area contributed by atoms with E-state index in [2.05, 4.69) is 15.3 Å². The predicted octanol–water partition coefficient (Wildman–Crippen LogP) is 4.07. The number of halogens is 1. The highest BCUT2D eigenvalue weighted by atomic mass is 19.1. The fourth-order valence-corrected chi connectivity index (χ4v) is 2.81. The number of nitrogens with one attached hydrogen (secondary N) is 1. The molecule has 0 fully saturated rings. The molecule has 0 unspecified atom stereocenters. The first-order valence-electron chi connectivity index (χ1n) is 8.19. The van der Waals surface area contributed by atoms with Gasteiger partial charge >= 0.3 is 5.97 Å². The third-order valence-electron chi connectivity index (χ3n) is 4.09. The standard InChI is InChI=1S/C20H15FN4O2/c1-27-20(26)14-3-2-4-16(11-14)23-19-18(13-5-7-15(21)8-6-13)24-17-12-22-9-10-25(17)19/h2-12,23H,1H3. The van der Waals surface area contributed by atoms with Gasteiger partial charge in [-0.25, -0.2) is 14.2 Å². The molecule has 0 aliphatic rings. The molecule has 1 N–H and O–H groups in total. The van der Waals surface area contributed by atoms with Crippen molar-refractivity contribution < 1.29 is 13.9 Å². The number of imidazole rings is 1. The van der Waals surface area contributed by atoms with Crippen molar-refractivity contribution in [1.82, 2.24) is 14.4 Å². The van der Waals surface area contributed by atoms with Crippen molar-refractivity contribution in [3.8, 4) is 11.3 Å². The SMILES string of the molecule is COC(=O)c1cccc(Nc2c(-c3ccc(F)cc3)nc3cnccn23)c1. The Morgan fingerprint density at radius 1 is 1.19 bits per heavy atom. The van der Waals surface area contributed by atoms with Crippen LogP contribution in [0.5, 0.6) is 0 Å². The maximum Gasteiger partial charge on any atom is 0.337 e. The molecule has 0 aliphatic carbocycles. The largest absolute Gasteiger partial charge is 0.465 e. The topological polar surface area (TPSA) is 68.5 Å². The number of anilines is 2. The Bertz CT molecular complexity index is 1120. The summed E-state index contributed by atoms with van der Waals surface area (Å²) in [5.74, 6) is -0.0507. The Hall–Kier alpha value is -3.74. The van der Waals surface area contributed by atoms with Crippen molar-refractivity contribution in [1.29, 1.82) is 0 Å². The van der Waals surface area contributed by atoms with E-state index in [4.69, 9.17) is 4.74 Å². The van der Waals surface area contributed by atoms with Crippen LogP contribution < -0.4 is 5.32 Å². The van der Waals surface area contributed by atoms with Gasteiger partial charge in [0.2, 0.25) is 0 Å². The van der Waals surface area contributed by atoms with Crippen LogP contribution in [-0.2, 0) is 4.74 Å². The molecular weight excluding hydrogens is 347 g/mol. The van der Waals surface area contributed by atoms with Crippen molar-refractivity contribution in [2.75, 3.05) is 12.4 Å². The average molecular weight is 362 g/mol. The Labute approximate surface area is 154 Å². The number of benzene rings is 2. The number of nitrogens with zero attached hydrogens (tertiary/aromatic N) is 3. The third kappa shape index (κ3) is 3.22. The Balaban J connectivity index is 1.82. The fraction of sp³-hybridized carbons (Fsp3) is 0.0500. The molecule has 4 aromatic rings. The van der Waals surface area contributed by atoms with Gasteiger partial charge in [-0.15, -0.1) is 0 Å². The molecule has 0 amide bonds. The lowest BCUT2D eigenvalue weighted by Crippen LogP contribution is -2.03. The van der Waals surface area contributed by atoms with Crippen molar-refractivity contribution in [2.24, 2.45) is 0 Å². The molecule has 0 saturated carbocycles. The second-order valence-electron chi connectivity index (χ2n) is 5.82. The summed E-state index contributed by atoms with van der Waals surface area (Å²) in [5.41, 5.74) is 3.17. The second kappa shape index (κ2) is 6.87. The molecular formula is C20H15FN4O2. The molecule has 134 valence electrons. The number of carbonyl (C=O) groups excluding carboxylic acids is 1. The zero-order valence-electron chi connectivity index (χ0n) is 14.4. The van der Waals surface area contributed by atoms with E-state index in [1.54, 1.807) is 48.9 Å². The van der Waals surface area contributed by atoms with Gasteiger partial charge < -0.3 is 10.1 Å². The van der Waals surface area contributed by atoms with Gasteiger partial charge in [-0.2, -0.15) is 0 Å². The number of esters is 1. The summed E-state index contributed by atoms with van der Waals surface area (Å²) in [7, 11) is 1.34. The maximum atomic E-state index is 13.3. The summed E-state index contributed by atoms with van der Waals surface area (Å²) in [6, 6.07) is 13.1. The van der Waals surface area contributed by atoms with Gasteiger partial charge in [-0.3, -0.25) is 9.38 Å². The monoisotopic (exact) mass is 362 g/mol. The van der Waals surface area contributed by atoms with Crippen LogP contribution in [0.3, 0.4) is 0 Å². The summed E-state index contributed by atoms with van der Waals surface area (Å²) < 4.78 is 19.9. The van der Waals surface area contributed by atoms with E-state index in [9.17, 15) is 9.18 Å². The van der Waals surface area contributed by atoms with E-state index < -0.39 is 5.97 Å². The quantitative estimate of drug-likeness (QED) is 0.554. The molecule has 0 bridgehead atoms. The minimum atomic E-state index is -0.417. The van der Waals surface area contributed by atoms with Crippen LogP contribution in [0.1, 0.15) is 10.4 Å². The number of methoxy groups -OCH3 is 1. The van der Waals surface area contributed by atoms with Gasteiger partial charge in [0.25, 0.3) is 0 Å². The minimum absolute atomic E-state index is 0.315. The third-order valence-corrected chi connectivity index (χ3v) is 4.09. The van der Waals surface area contributed by atoms with E-state index in [1.165, 1.54) is 19.2 Å². The lowest BCUT2D eigenvalue weighted by Gasteiger charge is -2.10. The molecule has 4 rings (SSSR count).